The highest BCUT2D eigenvalue weighted by molar-refractivity contribution is 7.99. The van der Waals surface area contributed by atoms with E-state index >= 15 is 0 Å². The van der Waals surface area contributed by atoms with Crippen molar-refractivity contribution < 1.29 is 14.3 Å². The number of aromatic amines is 1. The van der Waals surface area contributed by atoms with E-state index in [0.717, 1.165) is 30.8 Å². The Balaban J connectivity index is 1.39. The molecule has 2 heterocycles. The van der Waals surface area contributed by atoms with Gasteiger partial charge in [-0.25, -0.2) is 4.98 Å². The van der Waals surface area contributed by atoms with Gasteiger partial charge in [-0.05, 0) is 31.4 Å². The van der Waals surface area contributed by atoms with Gasteiger partial charge in [0, 0.05) is 13.2 Å². The zero-order valence-corrected chi connectivity index (χ0v) is 15.0. The molecule has 2 aromatic rings. The van der Waals surface area contributed by atoms with Crippen LogP contribution in [-0.4, -0.2) is 46.1 Å². The summed E-state index contributed by atoms with van der Waals surface area (Å²) in [4.78, 5) is 16.2. The lowest BCUT2D eigenvalue weighted by atomic mass is 10.2. The number of thioether (sulfide) groups is 1. The van der Waals surface area contributed by atoms with E-state index in [1.165, 1.54) is 11.8 Å². The van der Waals surface area contributed by atoms with Gasteiger partial charge in [-0.1, -0.05) is 30.0 Å². The number of carbonyl (C=O) groups is 1. The van der Waals surface area contributed by atoms with Crippen molar-refractivity contribution in [3.05, 3.63) is 35.7 Å². The fourth-order valence-corrected chi connectivity index (χ4v) is 3.13. The molecule has 1 fully saturated rings. The molecule has 1 atom stereocenters. The van der Waals surface area contributed by atoms with Crippen LogP contribution in [0.4, 0.5) is 0 Å². The summed E-state index contributed by atoms with van der Waals surface area (Å²) in [7, 11) is 0. The number of aromatic nitrogens is 3. The van der Waals surface area contributed by atoms with E-state index in [4.69, 9.17) is 9.47 Å². The standard InChI is InChI=1S/C17H22N4O3S/c1-12-5-2-3-7-14(12)24-10-15-19-17(21-20-15)25-11-16(22)18-9-13-6-4-8-23-13/h2-3,5,7,13H,4,6,8-11H2,1H3,(H,18,22)(H,19,20,21). The number of carbonyl (C=O) groups excluding carboxylic acids is 1. The lowest BCUT2D eigenvalue weighted by Crippen LogP contribution is -2.32. The normalized spacial score (nSPS) is 16.8. The van der Waals surface area contributed by atoms with Crippen LogP contribution in [0.25, 0.3) is 0 Å². The predicted molar refractivity (Wildman–Crippen MR) is 94.6 cm³/mol. The highest BCUT2D eigenvalue weighted by Crippen LogP contribution is 2.18. The third-order valence-corrected chi connectivity index (χ3v) is 4.70. The Labute approximate surface area is 150 Å². The van der Waals surface area contributed by atoms with E-state index in [9.17, 15) is 4.79 Å². The van der Waals surface area contributed by atoms with Crippen LogP contribution in [0, 0.1) is 6.92 Å². The van der Waals surface area contributed by atoms with Crippen molar-refractivity contribution in [1.29, 1.82) is 0 Å². The van der Waals surface area contributed by atoms with Crippen molar-refractivity contribution in [2.24, 2.45) is 0 Å². The molecule has 1 saturated heterocycles. The van der Waals surface area contributed by atoms with Gasteiger partial charge in [0.05, 0.1) is 11.9 Å². The van der Waals surface area contributed by atoms with Gasteiger partial charge < -0.3 is 14.8 Å². The zero-order chi connectivity index (χ0) is 17.5. The largest absolute Gasteiger partial charge is 0.485 e. The number of nitrogens with one attached hydrogen (secondary N) is 2. The third kappa shape index (κ3) is 5.47. The lowest BCUT2D eigenvalue weighted by molar-refractivity contribution is -0.119. The number of aryl methyl sites for hydroxylation is 1. The van der Waals surface area contributed by atoms with E-state index in [1.54, 1.807) is 0 Å². The number of para-hydroxylation sites is 1. The molecule has 1 aromatic heterocycles. The Hall–Kier alpha value is -2.06. The van der Waals surface area contributed by atoms with Gasteiger partial charge in [0.1, 0.15) is 12.4 Å². The Morgan fingerprint density at radius 2 is 2.36 bits per heavy atom. The predicted octanol–water partition coefficient (Wildman–Crippen LogP) is 2.08. The molecule has 2 N–H and O–H groups in total. The molecule has 0 bridgehead atoms. The molecule has 1 unspecified atom stereocenters. The van der Waals surface area contributed by atoms with E-state index < -0.39 is 0 Å². The molecule has 0 aliphatic carbocycles. The molecule has 1 aliphatic heterocycles. The summed E-state index contributed by atoms with van der Waals surface area (Å²) in [6, 6.07) is 7.81. The minimum Gasteiger partial charge on any atom is -0.485 e. The minimum atomic E-state index is -0.0389. The summed E-state index contributed by atoms with van der Waals surface area (Å²) in [5.74, 6) is 1.69. The van der Waals surface area contributed by atoms with Crippen LogP contribution in [0.3, 0.4) is 0 Å². The van der Waals surface area contributed by atoms with Crippen molar-refractivity contribution >= 4 is 17.7 Å². The van der Waals surface area contributed by atoms with Crippen molar-refractivity contribution in [1.82, 2.24) is 20.5 Å². The molecule has 0 spiro atoms. The summed E-state index contributed by atoms with van der Waals surface area (Å²) in [5, 5.41) is 10.4. The Morgan fingerprint density at radius 1 is 1.48 bits per heavy atom. The van der Waals surface area contributed by atoms with E-state index in [2.05, 4.69) is 20.5 Å². The molecule has 25 heavy (non-hydrogen) atoms. The van der Waals surface area contributed by atoms with Crippen LogP contribution in [0.5, 0.6) is 5.75 Å². The molecule has 7 nitrogen and oxygen atoms in total. The van der Waals surface area contributed by atoms with Gasteiger partial charge in [-0.15, -0.1) is 5.10 Å². The number of amides is 1. The van der Waals surface area contributed by atoms with Crippen molar-refractivity contribution in [3.8, 4) is 5.75 Å². The topological polar surface area (TPSA) is 89.1 Å². The molecule has 1 aromatic carbocycles. The average Bonchev–Trinajstić information content (AvgIpc) is 3.29. The third-order valence-electron chi connectivity index (χ3n) is 3.85. The van der Waals surface area contributed by atoms with Gasteiger partial charge in [0.2, 0.25) is 11.1 Å². The molecule has 3 rings (SSSR count). The summed E-state index contributed by atoms with van der Waals surface area (Å²) in [6.45, 7) is 3.67. The van der Waals surface area contributed by atoms with Crippen LogP contribution < -0.4 is 10.1 Å². The number of ether oxygens (including phenoxy) is 2. The molecular weight excluding hydrogens is 340 g/mol. The highest BCUT2D eigenvalue weighted by Gasteiger charge is 2.16. The van der Waals surface area contributed by atoms with Gasteiger partial charge in [-0.3, -0.25) is 9.89 Å². The fourth-order valence-electron chi connectivity index (χ4n) is 2.49. The monoisotopic (exact) mass is 362 g/mol. The smallest absolute Gasteiger partial charge is 0.230 e. The second-order valence-corrected chi connectivity index (χ2v) is 6.79. The number of nitrogens with zero attached hydrogens (tertiary/aromatic N) is 2. The molecule has 1 amide bonds. The summed E-state index contributed by atoms with van der Waals surface area (Å²) < 4.78 is 11.2. The quantitative estimate of drug-likeness (QED) is 0.699. The summed E-state index contributed by atoms with van der Waals surface area (Å²) >= 11 is 1.29. The van der Waals surface area contributed by atoms with Crippen LogP contribution in [0.1, 0.15) is 24.2 Å². The Morgan fingerprint density at radius 3 is 3.16 bits per heavy atom. The molecule has 0 saturated carbocycles. The number of H-pyrrole nitrogens is 1. The summed E-state index contributed by atoms with van der Waals surface area (Å²) in [6.07, 6.45) is 2.24. The maximum atomic E-state index is 11.9. The molecule has 0 radical (unpaired) electrons. The first-order valence-corrected chi connectivity index (χ1v) is 9.30. The van der Waals surface area contributed by atoms with Crippen molar-refractivity contribution in [3.63, 3.8) is 0 Å². The van der Waals surface area contributed by atoms with Gasteiger partial charge in [0.25, 0.3) is 0 Å². The Bertz CT molecular complexity index is 701. The first kappa shape index (κ1) is 17.8. The maximum Gasteiger partial charge on any atom is 0.230 e. The first-order valence-electron chi connectivity index (χ1n) is 8.31. The zero-order valence-electron chi connectivity index (χ0n) is 14.2. The number of hydrogen-bond acceptors (Lipinski definition) is 6. The van der Waals surface area contributed by atoms with E-state index in [1.807, 2.05) is 31.2 Å². The lowest BCUT2D eigenvalue weighted by Gasteiger charge is -2.09. The summed E-state index contributed by atoms with van der Waals surface area (Å²) in [5.41, 5.74) is 1.07. The number of benzene rings is 1. The van der Waals surface area contributed by atoms with Crippen molar-refractivity contribution in [2.45, 2.75) is 37.6 Å². The molecule has 1 aliphatic rings. The molecular formula is C17H22N4O3S. The van der Waals surface area contributed by atoms with E-state index in [0.29, 0.717) is 24.1 Å². The van der Waals surface area contributed by atoms with Gasteiger partial charge in [0.15, 0.2) is 5.82 Å². The molecule has 134 valence electrons. The second kappa shape index (κ2) is 8.87. The van der Waals surface area contributed by atoms with Crippen molar-refractivity contribution in [2.75, 3.05) is 18.9 Å². The maximum absolute atomic E-state index is 11.9. The van der Waals surface area contributed by atoms with Crippen LogP contribution in [0.15, 0.2) is 29.4 Å². The first-order chi connectivity index (χ1) is 12.2. The number of hydrogen-bond donors (Lipinski definition) is 2. The van der Waals surface area contributed by atoms with Gasteiger partial charge >= 0.3 is 0 Å². The van der Waals surface area contributed by atoms with Gasteiger partial charge in [-0.2, -0.15) is 0 Å². The minimum absolute atomic E-state index is 0.0389. The SMILES string of the molecule is Cc1ccccc1OCc1nc(SCC(=O)NCC2CCCO2)n[nH]1. The van der Waals surface area contributed by atoms with Crippen LogP contribution in [-0.2, 0) is 16.1 Å². The Kier molecular flexibility index (Phi) is 6.30. The van der Waals surface area contributed by atoms with Crippen LogP contribution in [0.2, 0.25) is 0 Å². The highest BCUT2D eigenvalue weighted by atomic mass is 32.2. The van der Waals surface area contributed by atoms with Crippen LogP contribution >= 0.6 is 11.8 Å². The molecule has 8 heteroatoms. The second-order valence-electron chi connectivity index (χ2n) is 5.85. The van der Waals surface area contributed by atoms with E-state index in [-0.39, 0.29) is 17.8 Å². The number of rotatable bonds is 8. The fraction of sp³-hybridized carbons (Fsp3) is 0.471. The average molecular weight is 362 g/mol.